The standard InChI is InChI=1S/C11H9BrO2/c1-8(13)11(14)7-4-9-2-5-10(12)6-3-9/h2-7H,1H3/b7-4+. The molecular formula is C11H9BrO2. The largest absolute Gasteiger partial charge is 0.291 e. The minimum atomic E-state index is -0.479. The van der Waals surface area contributed by atoms with E-state index in [1.54, 1.807) is 6.08 Å². The predicted molar refractivity (Wildman–Crippen MR) is 58.9 cm³/mol. The SMILES string of the molecule is CC(=O)C(=O)/C=C/c1ccc(Br)cc1. The molecule has 0 fully saturated rings. The van der Waals surface area contributed by atoms with E-state index in [4.69, 9.17) is 0 Å². The van der Waals surface area contributed by atoms with Gasteiger partial charge in [-0.15, -0.1) is 0 Å². The number of benzene rings is 1. The van der Waals surface area contributed by atoms with Gasteiger partial charge in [0, 0.05) is 11.4 Å². The number of rotatable bonds is 3. The van der Waals surface area contributed by atoms with Crippen LogP contribution in [0.15, 0.2) is 34.8 Å². The lowest BCUT2D eigenvalue weighted by molar-refractivity contribution is -0.132. The third kappa shape index (κ3) is 3.26. The normalized spacial score (nSPS) is 10.4. The Hall–Kier alpha value is -1.22. The number of allylic oxidation sites excluding steroid dienone is 1. The van der Waals surface area contributed by atoms with Gasteiger partial charge in [-0.25, -0.2) is 0 Å². The number of carbonyl (C=O) groups is 2. The first-order valence-electron chi connectivity index (χ1n) is 4.08. The Balaban J connectivity index is 2.74. The van der Waals surface area contributed by atoms with Gasteiger partial charge in [0.15, 0.2) is 5.78 Å². The highest BCUT2D eigenvalue weighted by Gasteiger charge is 2.00. The molecule has 0 radical (unpaired) electrons. The summed E-state index contributed by atoms with van der Waals surface area (Å²) in [7, 11) is 0. The van der Waals surface area contributed by atoms with Gasteiger partial charge in [-0.2, -0.15) is 0 Å². The van der Waals surface area contributed by atoms with Gasteiger partial charge in [0.2, 0.25) is 5.78 Å². The second kappa shape index (κ2) is 4.86. The highest BCUT2D eigenvalue weighted by molar-refractivity contribution is 9.10. The number of halogens is 1. The molecule has 0 aromatic heterocycles. The van der Waals surface area contributed by atoms with Crippen molar-refractivity contribution in [3.8, 4) is 0 Å². The van der Waals surface area contributed by atoms with Crippen molar-refractivity contribution >= 4 is 33.6 Å². The van der Waals surface area contributed by atoms with Crippen LogP contribution in [-0.2, 0) is 9.59 Å². The molecule has 2 nitrogen and oxygen atoms in total. The predicted octanol–water partition coefficient (Wildman–Crippen LogP) is 2.62. The second-order valence-electron chi connectivity index (χ2n) is 2.81. The third-order valence-corrected chi connectivity index (χ3v) is 2.17. The van der Waals surface area contributed by atoms with E-state index in [1.165, 1.54) is 13.0 Å². The molecule has 0 bridgehead atoms. The van der Waals surface area contributed by atoms with E-state index in [0.717, 1.165) is 10.0 Å². The van der Waals surface area contributed by atoms with Crippen molar-refractivity contribution in [2.75, 3.05) is 0 Å². The summed E-state index contributed by atoms with van der Waals surface area (Å²) in [4.78, 5) is 21.5. The van der Waals surface area contributed by atoms with Crippen LogP contribution < -0.4 is 0 Å². The fourth-order valence-electron chi connectivity index (χ4n) is 0.863. The summed E-state index contributed by atoms with van der Waals surface area (Å²) >= 11 is 3.30. The fraction of sp³-hybridized carbons (Fsp3) is 0.0909. The molecule has 0 N–H and O–H groups in total. The molecule has 3 heteroatoms. The van der Waals surface area contributed by atoms with Crippen molar-refractivity contribution in [1.29, 1.82) is 0 Å². The zero-order chi connectivity index (χ0) is 10.6. The molecule has 0 atom stereocenters. The zero-order valence-corrected chi connectivity index (χ0v) is 9.24. The third-order valence-electron chi connectivity index (χ3n) is 1.64. The molecule has 0 spiro atoms. The van der Waals surface area contributed by atoms with Crippen LogP contribution in [0.3, 0.4) is 0 Å². The molecule has 0 aliphatic rings. The van der Waals surface area contributed by atoms with Crippen LogP contribution in [0.4, 0.5) is 0 Å². The monoisotopic (exact) mass is 252 g/mol. The maximum Gasteiger partial charge on any atom is 0.221 e. The van der Waals surface area contributed by atoms with E-state index < -0.39 is 11.6 Å². The van der Waals surface area contributed by atoms with Crippen LogP contribution in [0.25, 0.3) is 6.08 Å². The summed E-state index contributed by atoms with van der Waals surface area (Å²) in [6, 6.07) is 7.46. The van der Waals surface area contributed by atoms with Crippen molar-refractivity contribution < 1.29 is 9.59 Å². The molecule has 1 aromatic rings. The van der Waals surface area contributed by atoms with E-state index in [0.29, 0.717) is 0 Å². The topological polar surface area (TPSA) is 34.1 Å². The Morgan fingerprint density at radius 3 is 2.29 bits per heavy atom. The van der Waals surface area contributed by atoms with Gasteiger partial charge in [-0.1, -0.05) is 34.1 Å². The van der Waals surface area contributed by atoms with E-state index >= 15 is 0 Å². The maximum absolute atomic E-state index is 10.9. The van der Waals surface area contributed by atoms with Crippen LogP contribution in [0.5, 0.6) is 0 Å². The number of hydrogen-bond acceptors (Lipinski definition) is 2. The van der Waals surface area contributed by atoms with Crippen molar-refractivity contribution in [3.05, 3.63) is 40.4 Å². The molecule has 0 aliphatic carbocycles. The van der Waals surface area contributed by atoms with E-state index in [1.807, 2.05) is 24.3 Å². The first-order chi connectivity index (χ1) is 6.59. The summed E-state index contributed by atoms with van der Waals surface area (Å²) in [6.45, 7) is 1.26. The van der Waals surface area contributed by atoms with Gasteiger partial charge in [0.05, 0.1) is 0 Å². The quantitative estimate of drug-likeness (QED) is 0.613. The number of ketones is 2. The van der Waals surface area contributed by atoms with Crippen molar-refractivity contribution in [1.82, 2.24) is 0 Å². The molecule has 72 valence electrons. The van der Waals surface area contributed by atoms with E-state index in [2.05, 4.69) is 15.9 Å². The Bertz CT molecular complexity index is 377. The summed E-state index contributed by atoms with van der Waals surface area (Å²) < 4.78 is 0.979. The molecule has 14 heavy (non-hydrogen) atoms. The molecule has 1 aromatic carbocycles. The molecule has 0 saturated heterocycles. The lowest BCUT2D eigenvalue weighted by Gasteiger charge is -1.92. The first kappa shape index (κ1) is 10.9. The summed E-state index contributed by atoms with van der Waals surface area (Å²) in [6.07, 6.45) is 2.90. The van der Waals surface area contributed by atoms with Gasteiger partial charge in [0.1, 0.15) is 0 Å². The Labute approximate surface area is 90.8 Å². The van der Waals surface area contributed by atoms with Crippen molar-refractivity contribution in [2.24, 2.45) is 0 Å². The number of hydrogen-bond donors (Lipinski definition) is 0. The molecule has 0 heterocycles. The van der Waals surface area contributed by atoms with Crippen LogP contribution in [0, 0.1) is 0 Å². The molecule has 0 aliphatic heterocycles. The highest BCUT2D eigenvalue weighted by Crippen LogP contribution is 2.11. The zero-order valence-electron chi connectivity index (χ0n) is 7.66. The van der Waals surface area contributed by atoms with Crippen LogP contribution in [0.1, 0.15) is 12.5 Å². The summed E-state index contributed by atoms with van der Waals surface area (Å²) in [5.41, 5.74) is 0.891. The van der Waals surface area contributed by atoms with Crippen LogP contribution in [-0.4, -0.2) is 11.6 Å². The van der Waals surface area contributed by atoms with Crippen LogP contribution in [0.2, 0.25) is 0 Å². The minimum Gasteiger partial charge on any atom is -0.291 e. The Kier molecular flexibility index (Phi) is 3.77. The highest BCUT2D eigenvalue weighted by atomic mass is 79.9. The Morgan fingerprint density at radius 1 is 1.21 bits per heavy atom. The van der Waals surface area contributed by atoms with Gasteiger partial charge in [-0.3, -0.25) is 9.59 Å². The van der Waals surface area contributed by atoms with Crippen molar-refractivity contribution in [2.45, 2.75) is 6.92 Å². The fourth-order valence-corrected chi connectivity index (χ4v) is 1.13. The molecule has 0 unspecified atom stereocenters. The summed E-state index contributed by atoms with van der Waals surface area (Å²) in [5.74, 6) is -0.925. The van der Waals surface area contributed by atoms with E-state index in [-0.39, 0.29) is 0 Å². The molecule has 0 saturated carbocycles. The molecule has 0 amide bonds. The first-order valence-corrected chi connectivity index (χ1v) is 4.87. The van der Waals surface area contributed by atoms with Gasteiger partial charge in [-0.05, 0) is 23.8 Å². The van der Waals surface area contributed by atoms with Crippen LogP contribution >= 0.6 is 15.9 Å². The second-order valence-corrected chi connectivity index (χ2v) is 3.72. The molecular weight excluding hydrogens is 244 g/mol. The number of Topliss-reactive ketones (excluding diaryl/α,β-unsaturated/α-hetero) is 1. The average molecular weight is 253 g/mol. The number of carbonyl (C=O) groups excluding carboxylic acids is 2. The lowest BCUT2D eigenvalue weighted by atomic mass is 10.2. The molecule has 1 rings (SSSR count). The maximum atomic E-state index is 10.9. The summed E-state index contributed by atoms with van der Waals surface area (Å²) in [5, 5.41) is 0. The van der Waals surface area contributed by atoms with E-state index in [9.17, 15) is 9.59 Å². The van der Waals surface area contributed by atoms with Gasteiger partial charge < -0.3 is 0 Å². The van der Waals surface area contributed by atoms with Gasteiger partial charge in [0.25, 0.3) is 0 Å². The van der Waals surface area contributed by atoms with Gasteiger partial charge >= 0.3 is 0 Å². The Morgan fingerprint density at radius 2 is 1.79 bits per heavy atom. The lowest BCUT2D eigenvalue weighted by Crippen LogP contribution is -2.04. The van der Waals surface area contributed by atoms with Crippen molar-refractivity contribution in [3.63, 3.8) is 0 Å². The average Bonchev–Trinajstić information content (AvgIpc) is 2.16. The minimum absolute atomic E-state index is 0.446. The smallest absolute Gasteiger partial charge is 0.221 e.